The number of nitrogens with zero attached hydrogens (tertiary/aromatic N) is 2. The number of carbonyl (C=O) groups is 1. The largest absolute Gasteiger partial charge is 0.339 e. The lowest BCUT2D eigenvalue weighted by Gasteiger charge is -2.31. The second-order valence-corrected chi connectivity index (χ2v) is 5.48. The summed E-state index contributed by atoms with van der Waals surface area (Å²) in [7, 11) is 0. The van der Waals surface area contributed by atoms with Gasteiger partial charge in [-0.3, -0.25) is 9.89 Å². The van der Waals surface area contributed by atoms with Gasteiger partial charge in [0.25, 0.3) is 5.91 Å². The van der Waals surface area contributed by atoms with Gasteiger partial charge in [0.15, 0.2) is 0 Å². The molecule has 2 aromatic rings. The second-order valence-electron chi connectivity index (χ2n) is 5.48. The fraction of sp³-hybridized carbons (Fsp3) is 0.375. The van der Waals surface area contributed by atoms with E-state index in [0.717, 1.165) is 37.1 Å². The fourth-order valence-electron chi connectivity index (χ4n) is 2.85. The van der Waals surface area contributed by atoms with Crippen LogP contribution in [-0.4, -0.2) is 34.1 Å². The van der Waals surface area contributed by atoms with Crippen molar-refractivity contribution in [3.05, 3.63) is 53.3 Å². The maximum absolute atomic E-state index is 12.5. The van der Waals surface area contributed by atoms with Crippen LogP contribution < -0.4 is 5.73 Å². The Hall–Kier alpha value is -2.14. The average Bonchev–Trinajstić information content (AvgIpc) is 3.09. The molecule has 1 saturated heterocycles. The molecule has 0 aliphatic carbocycles. The number of rotatable bonds is 3. The summed E-state index contributed by atoms with van der Waals surface area (Å²) in [6.07, 6.45) is 3.75. The van der Waals surface area contributed by atoms with E-state index in [0.29, 0.717) is 12.5 Å². The Morgan fingerprint density at radius 1 is 1.24 bits per heavy atom. The number of likely N-dealkylation sites (tertiary alicyclic amines) is 1. The number of benzene rings is 1. The molecule has 0 atom stereocenters. The van der Waals surface area contributed by atoms with Gasteiger partial charge < -0.3 is 10.6 Å². The predicted molar refractivity (Wildman–Crippen MR) is 80.8 cm³/mol. The van der Waals surface area contributed by atoms with Crippen LogP contribution in [0.1, 0.15) is 40.4 Å². The van der Waals surface area contributed by atoms with Gasteiger partial charge in [0.2, 0.25) is 0 Å². The molecule has 0 radical (unpaired) electrons. The Labute approximate surface area is 124 Å². The number of aromatic amines is 1. The van der Waals surface area contributed by atoms with Gasteiger partial charge in [-0.15, -0.1) is 0 Å². The van der Waals surface area contributed by atoms with Crippen molar-refractivity contribution >= 4 is 5.91 Å². The van der Waals surface area contributed by atoms with Crippen LogP contribution in [0.15, 0.2) is 36.5 Å². The number of H-pyrrole nitrogens is 1. The molecule has 0 bridgehead atoms. The van der Waals surface area contributed by atoms with Crippen LogP contribution in [0.25, 0.3) is 0 Å². The Kier molecular flexibility index (Phi) is 4.01. The van der Waals surface area contributed by atoms with Crippen molar-refractivity contribution in [2.45, 2.75) is 25.3 Å². The number of nitrogens with two attached hydrogens (primary N) is 1. The normalized spacial score (nSPS) is 16.1. The predicted octanol–water partition coefficient (Wildman–Crippen LogP) is 1.89. The lowest BCUT2D eigenvalue weighted by Crippen LogP contribution is -2.38. The van der Waals surface area contributed by atoms with E-state index in [1.807, 2.05) is 35.2 Å². The molecule has 3 rings (SSSR count). The van der Waals surface area contributed by atoms with Gasteiger partial charge in [-0.2, -0.15) is 5.10 Å². The van der Waals surface area contributed by atoms with Crippen LogP contribution in [0.2, 0.25) is 0 Å². The highest BCUT2D eigenvalue weighted by molar-refractivity contribution is 5.94. The maximum Gasteiger partial charge on any atom is 0.253 e. The van der Waals surface area contributed by atoms with Gasteiger partial charge in [0.1, 0.15) is 0 Å². The molecule has 110 valence electrons. The van der Waals surface area contributed by atoms with E-state index in [4.69, 9.17) is 5.73 Å². The van der Waals surface area contributed by atoms with Gasteiger partial charge in [0, 0.05) is 43.0 Å². The first-order valence-corrected chi connectivity index (χ1v) is 7.35. The summed E-state index contributed by atoms with van der Waals surface area (Å²) in [5, 5.41) is 7.03. The molecule has 5 nitrogen and oxygen atoms in total. The Morgan fingerprint density at radius 3 is 2.52 bits per heavy atom. The SMILES string of the molecule is NCc1ccc(C(=O)N2CCC(c3ccn[nH]3)CC2)cc1. The number of nitrogens with one attached hydrogen (secondary N) is 1. The van der Waals surface area contributed by atoms with Gasteiger partial charge >= 0.3 is 0 Å². The molecule has 1 aliphatic rings. The van der Waals surface area contributed by atoms with Crippen LogP contribution in [0.4, 0.5) is 0 Å². The molecule has 1 amide bonds. The first kappa shape index (κ1) is 13.8. The quantitative estimate of drug-likeness (QED) is 0.903. The van der Waals surface area contributed by atoms with Gasteiger partial charge in [-0.05, 0) is 36.6 Å². The van der Waals surface area contributed by atoms with Crippen molar-refractivity contribution in [1.29, 1.82) is 0 Å². The topological polar surface area (TPSA) is 75.0 Å². The summed E-state index contributed by atoms with van der Waals surface area (Å²) in [6, 6.07) is 9.60. The summed E-state index contributed by atoms with van der Waals surface area (Å²) in [5.74, 6) is 0.595. The van der Waals surface area contributed by atoms with Crippen LogP contribution in [0.3, 0.4) is 0 Å². The molecule has 0 spiro atoms. The van der Waals surface area contributed by atoms with Gasteiger partial charge in [0.05, 0.1) is 0 Å². The van der Waals surface area contributed by atoms with Crippen molar-refractivity contribution in [3.8, 4) is 0 Å². The van der Waals surface area contributed by atoms with Gasteiger partial charge in [-0.25, -0.2) is 0 Å². The number of aromatic nitrogens is 2. The zero-order valence-corrected chi connectivity index (χ0v) is 12.0. The summed E-state index contributed by atoms with van der Waals surface area (Å²) in [5.41, 5.74) is 8.54. The van der Waals surface area contributed by atoms with Crippen molar-refractivity contribution in [2.75, 3.05) is 13.1 Å². The molecule has 0 unspecified atom stereocenters. The smallest absolute Gasteiger partial charge is 0.253 e. The third kappa shape index (κ3) is 2.97. The Bertz CT molecular complexity index is 583. The molecule has 1 aliphatic heterocycles. The number of hydrogen-bond donors (Lipinski definition) is 2. The first-order valence-electron chi connectivity index (χ1n) is 7.35. The van der Waals surface area contributed by atoms with Crippen molar-refractivity contribution in [1.82, 2.24) is 15.1 Å². The van der Waals surface area contributed by atoms with E-state index in [9.17, 15) is 4.79 Å². The molecule has 5 heteroatoms. The molecule has 1 fully saturated rings. The molecule has 1 aromatic heterocycles. The molecular formula is C16H20N4O. The number of piperidine rings is 1. The van der Waals surface area contributed by atoms with Crippen LogP contribution in [0, 0.1) is 0 Å². The standard InChI is InChI=1S/C16H20N4O/c17-11-12-1-3-14(4-2-12)16(21)20-9-6-13(7-10-20)15-5-8-18-19-15/h1-5,8,13H,6-7,9-11,17H2,(H,18,19). The molecule has 0 saturated carbocycles. The summed E-state index contributed by atoms with van der Waals surface area (Å²) < 4.78 is 0. The Morgan fingerprint density at radius 2 is 1.95 bits per heavy atom. The van der Waals surface area contributed by atoms with Crippen LogP contribution >= 0.6 is 0 Å². The van der Waals surface area contributed by atoms with Gasteiger partial charge in [-0.1, -0.05) is 12.1 Å². The molecular weight excluding hydrogens is 264 g/mol. The van der Waals surface area contributed by atoms with E-state index < -0.39 is 0 Å². The van der Waals surface area contributed by atoms with E-state index in [1.54, 1.807) is 6.20 Å². The Balaban J connectivity index is 1.62. The van der Waals surface area contributed by atoms with Crippen molar-refractivity contribution in [2.24, 2.45) is 5.73 Å². The molecule has 2 heterocycles. The zero-order chi connectivity index (χ0) is 14.7. The second kappa shape index (κ2) is 6.10. The number of hydrogen-bond acceptors (Lipinski definition) is 3. The highest BCUT2D eigenvalue weighted by Crippen LogP contribution is 2.27. The maximum atomic E-state index is 12.5. The van der Waals surface area contributed by atoms with Crippen LogP contribution in [-0.2, 0) is 6.54 Å². The lowest BCUT2D eigenvalue weighted by molar-refractivity contribution is 0.0712. The molecule has 3 N–H and O–H groups in total. The van der Waals surface area contributed by atoms with E-state index in [1.165, 1.54) is 5.69 Å². The van der Waals surface area contributed by atoms with E-state index >= 15 is 0 Å². The van der Waals surface area contributed by atoms with Crippen molar-refractivity contribution < 1.29 is 4.79 Å². The lowest BCUT2D eigenvalue weighted by atomic mass is 9.93. The summed E-state index contributed by atoms with van der Waals surface area (Å²) in [4.78, 5) is 14.4. The highest BCUT2D eigenvalue weighted by Gasteiger charge is 2.25. The highest BCUT2D eigenvalue weighted by atomic mass is 16.2. The third-order valence-corrected chi connectivity index (χ3v) is 4.18. The number of amides is 1. The van der Waals surface area contributed by atoms with Crippen LogP contribution in [0.5, 0.6) is 0 Å². The fourth-order valence-corrected chi connectivity index (χ4v) is 2.85. The summed E-state index contributed by atoms with van der Waals surface area (Å²) >= 11 is 0. The average molecular weight is 284 g/mol. The van der Waals surface area contributed by atoms with Crippen molar-refractivity contribution in [3.63, 3.8) is 0 Å². The monoisotopic (exact) mass is 284 g/mol. The zero-order valence-electron chi connectivity index (χ0n) is 12.0. The minimum absolute atomic E-state index is 0.113. The minimum Gasteiger partial charge on any atom is -0.339 e. The molecule has 1 aromatic carbocycles. The minimum atomic E-state index is 0.113. The first-order chi connectivity index (χ1) is 10.3. The van der Waals surface area contributed by atoms with E-state index in [-0.39, 0.29) is 5.91 Å². The number of carbonyl (C=O) groups excluding carboxylic acids is 1. The third-order valence-electron chi connectivity index (χ3n) is 4.18. The van der Waals surface area contributed by atoms with E-state index in [2.05, 4.69) is 10.2 Å². The summed E-state index contributed by atoms with van der Waals surface area (Å²) in [6.45, 7) is 2.09. The molecule has 21 heavy (non-hydrogen) atoms.